The number of nitrogens with zero attached hydrogens (tertiary/aromatic N) is 2. The van der Waals surface area contributed by atoms with Crippen LogP contribution >= 0.6 is 24.0 Å². The maximum atomic E-state index is 12.5. The molecule has 0 spiro atoms. The lowest BCUT2D eigenvalue weighted by molar-refractivity contribution is -0.132. The lowest BCUT2D eigenvalue weighted by Crippen LogP contribution is -2.41. The van der Waals surface area contributed by atoms with E-state index in [1.165, 1.54) is 11.1 Å². The smallest absolute Gasteiger partial charge is 0.222 e. The van der Waals surface area contributed by atoms with E-state index in [9.17, 15) is 4.79 Å². The highest BCUT2D eigenvalue weighted by atomic mass is 127. The molecule has 1 atom stereocenters. The number of nitrogens with one attached hydrogen (secondary N) is 2. The average molecular weight is 486 g/mol. The molecule has 2 heterocycles. The number of benzene rings is 1. The third kappa shape index (κ3) is 6.64. The molecule has 1 aromatic rings. The fraction of sp³-hybridized carbons (Fsp3) is 0.600. The summed E-state index contributed by atoms with van der Waals surface area (Å²) in [7, 11) is 1.77. The second kappa shape index (κ2) is 11.5. The van der Waals surface area contributed by atoms with E-state index in [4.69, 9.17) is 4.74 Å². The first-order valence-corrected chi connectivity index (χ1v) is 9.67. The Hall–Kier alpha value is -1.35. The number of hydrogen-bond donors (Lipinski definition) is 2. The lowest BCUT2D eigenvalue weighted by Gasteiger charge is -2.29. The highest BCUT2D eigenvalue weighted by Gasteiger charge is 2.20. The summed E-state index contributed by atoms with van der Waals surface area (Å²) >= 11 is 0. The van der Waals surface area contributed by atoms with E-state index in [0.29, 0.717) is 6.42 Å². The first-order chi connectivity index (χ1) is 12.8. The molecule has 7 heteroatoms. The minimum atomic E-state index is 0. The zero-order valence-electron chi connectivity index (χ0n) is 16.1. The lowest BCUT2D eigenvalue weighted by atomic mass is 9.99. The predicted octanol–water partition coefficient (Wildman–Crippen LogP) is 2.31. The molecule has 27 heavy (non-hydrogen) atoms. The van der Waals surface area contributed by atoms with E-state index in [-0.39, 0.29) is 36.0 Å². The largest absolute Gasteiger partial charge is 0.376 e. The van der Waals surface area contributed by atoms with Crippen LogP contribution in [0.1, 0.15) is 36.8 Å². The maximum absolute atomic E-state index is 12.5. The molecule has 3 rings (SSSR count). The molecule has 2 N–H and O–H groups in total. The fourth-order valence-electron chi connectivity index (χ4n) is 3.55. The van der Waals surface area contributed by atoms with Gasteiger partial charge in [0.15, 0.2) is 5.96 Å². The number of carbonyl (C=O) groups excluding carboxylic acids is 1. The van der Waals surface area contributed by atoms with Crippen LogP contribution < -0.4 is 10.6 Å². The molecule has 0 bridgehead atoms. The van der Waals surface area contributed by atoms with Gasteiger partial charge in [0, 0.05) is 46.3 Å². The Morgan fingerprint density at radius 1 is 1.30 bits per heavy atom. The van der Waals surface area contributed by atoms with Gasteiger partial charge in [-0.1, -0.05) is 24.3 Å². The molecule has 0 aromatic heterocycles. The molecule has 2 aliphatic heterocycles. The van der Waals surface area contributed by atoms with Crippen LogP contribution in [0.2, 0.25) is 0 Å². The summed E-state index contributed by atoms with van der Waals surface area (Å²) in [6.45, 7) is 3.95. The Bertz CT molecular complexity index is 632. The van der Waals surface area contributed by atoms with E-state index in [1.807, 2.05) is 11.0 Å². The van der Waals surface area contributed by atoms with Crippen molar-refractivity contribution in [3.63, 3.8) is 0 Å². The number of rotatable bonds is 6. The normalized spacial score (nSPS) is 19.2. The number of ether oxygens (including phenoxy) is 1. The number of amides is 1. The van der Waals surface area contributed by atoms with E-state index in [0.717, 1.165) is 64.4 Å². The summed E-state index contributed by atoms with van der Waals surface area (Å²) < 4.78 is 5.60. The first-order valence-electron chi connectivity index (χ1n) is 9.67. The molecule has 1 amide bonds. The van der Waals surface area contributed by atoms with Crippen LogP contribution in [0.15, 0.2) is 29.3 Å². The molecule has 0 saturated carbocycles. The summed E-state index contributed by atoms with van der Waals surface area (Å²) in [5.74, 6) is 1.02. The van der Waals surface area contributed by atoms with Crippen LogP contribution in [0.5, 0.6) is 0 Å². The Morgan fingerprint density at radius 3 is 2.85 bits per heavy atom. The van der Waals surface area contributed by atoms with Gasteiger partial charge in [-0.25, -0.2) is 0 Å². The van der Waals surface area contributed by atoms with Crippen LogP contribution in [-0.4, -0.2) is 56.2 Å². The SMILES string of the molecule is CN=C(NCCCC(=O)N1CCc2ccccc2C1)NCC1CCCO1.I. The van der Waals surface area contributed by atoms with Gasteiger partial charge < -0.3 is 20.3 Å². The van der Waals surface area contributed by atoms with Gasteiger partial charge in [-0.3, -0.25) is 9.79 Å². The van der Waals surface area contributed by atoms with Gasteiger partial charge in [0.2, 0.25) is 5.91 Å². The van der Waals surface area contributed by atoms with E-state index < -0.39 is 0 Å². The predicted molar refractivity (Wildman–Crippen MR) is 119 cm³/mol. The van der Waals surface area contributed by atoms with Gasteiger partial charge in [0.25, 0.3) is 0 Å². The zero-order chi connectivity index (χ0) is 18.2. The molecule has 0 radical (unpaired) electrons. The first kappa shape index (κ1) is 21.9. The monoisotopic (exact) mass is 486 g/mol. The fourth-order valence-corrected chi connectivity index (χ4v) is 3.55. The van der Waals surface area contributed by atoms with Gasteiger partial charge in [-0.05, 0) is 36.8 Å². The van der Waals surface area contributed by atoms with Crippen molar-refractivity contribution in [3.05, 3.63) is 35.4 Å². The molecule has 6 nitrogen and oxygen atoms in total. The van der Waals surface area contributed by atoms with Crippen LogP contribution in [0.4, 0.5) is 0 Å². The molecule has 150 valence electrons. The van der Waals surface area contributed by atoms with Crippen molar-refractivity contribution in [2.45, 2.75) is 44.8 Å². The summed E-state index contributed by atoms with van der Waals surface area (Å²) in [6, 6.07) is 8.41. The van der Waals surface area contributed by atoms with Crippen molar-refractivity contribution in [1.82, 2.24) is 15.5 Å². The minimum Gasteiger partial charge on any atom is -0.376 e. The molecule has 2 aliphatic rings. The van der Waals surface area contributed by atoms with Crippen molar-refractivity contribution >= 4 is 35.8 Å². The molecule has 0 aliphatic carbocycles. The molecular weight excluding hydrogens is 455 g/mol. The van der Waals surface area contributed by atoms with E-state index in [2.05, 4.69) is 33.8 Å². The second-order valence-electron chi connectivity index (χ2n) is 6.95. The third-order valence-corrected chi connectivity index (χ3v) is 5.09. The van der Waals surface area contributed by atoms with Crippen molar-refractivity contribution in [3.8, 4) is 0 Å². The van der Waals surface area contributed by atoms with Crippen LogP contribution in [-0.2, 0) is 22.5 Å². The van der Waals surface area contributed by atoms with Crippen molar-refractivity contribution in [2.75, 3.05) is 33.3 Å². The molecule has 1 unspecified atom stereocenters. The minimum absolute atomic E-state index is 0. The maximum Gasteiger partial charge on any atom is 0.222 e. The van der Waals surface area contributed by atoms with Crippen LogP contribution in [0.3, 0.4) is 0 Å². The molecule has 1 fully saturated rings. The molecule has 1 aromatic carbocycles. The van der Waals surface area contributed by atoms with Gasteiger partial charge in [0.1, 0.15) is 0 Å². The Morgan fingerprint density at radius 2 is 2.11 bits per heavy atom. The number of fused-ring (bicyclic) bond motifs is 1. The van der Waals surface area contributed by atoms with Crippen molar-refractivity contribution in [2.24, 2.45) is 4.99 Å². The van der Waals surface area contributed by atoms with Crippen LogP contribution in [0.25, 0.3) is 0 Å². The van der Waals surface area contributed by atoms with Crippen LogP contribution in [0, 0.1) is 0 Å². The number of halogens is 1. The summed E-state index contributed by atoms with van der Waals surface area (Å²) in [5.41, 5.74) is 2.66. The average Bonchev–Trinajstić information content (AvgIpc) is 3.20. The second-order valence-corrected chi connectivity index (χ2v) is 6.95. The van der Waals surface area contributed by atoms with E-state index >= 15 is 0 Å². The van der Waals surface area contributed by atoms with Gasteiger partial charge >= 0.3 is 0 Å². The van der Waals surface area contributed by atoms with E-state index in [1.54, 1.807) is 7.05 Å². The zero-order valence-corrected chi connectivity index (χ0v) is 18.4. The third-order valence-electron chi connectivity index (χ3n) is 5.09. The Kier molecular flexibility index (Phi) is 9.33. The van der Waals surface area contributed by atoms with Gasteiger partial charge in [-0.15, -0.1) is 24.0 Å². The molecular formula is C20H31IN4O2. The van der Waals surface area contributed by atoms with Gasteiger partial charge in [-0.2, -0.15) is 0 Å². The highest BCUT2D eigenvalue weighted by Crippen LogP contribution is 2.19. The highest BCUT2D eigenvalue weighted by molar-refractivity contribution is 14.0. The van der Waals surface area contributed by atoms with Crippen molar-refractivity contribution in [1.29, 1.82) is 0 Å². The number of aliphatic imine (C=N–C) groups is 1. The topological polar surface area (TPSA) is 66.0 Å². The van der Waals surface area contributed by atoms with Crippen molar-refractivity contribution < 1.29 is 9.53 Å². The number of hydrogen-bond acceptors (Lipinski definition) is 3. The van der Waals surface area contributed by atoms with Gasteiger partial charge in [0.05, 0.1) is 6.10 Å². The molecule has 1 saturated heterocycles. The quantitative estimate of drug-likeness (QED) is 0.281. The Labute approximate surface area is 179 Å². The summed E-state index contributed by atoms with van der Waals surface area (Å²) in [5, 5.41) is 6.57. The number of guanidine groups is 1. The summed E-state index contributed by atoms with van der Waals surface area (Å²) in [4.78, 5) is 18.7. The standard InChI is InChI=1S/C20H30N4O2.HI/c1-21-20(23-14-18-8-5-13-26-18)22-11-4-9-19(25)24-12-10-16-6-2-3-7-17(16)15-24;/h2-3,6-7,18H,4-5,8-15H2,1H3,(H2,21,22,23);1H. The number of carbonyl (C=O) groups is 1. The Balaban J connectivity index is 0.00000261. The summed E-state index contributed by atoms with van der Waals surface area (Å²) in [6.07, 6.45) is 4.87.